The van der Waals surface area contributed by atoms with Crippen LogP contribution < -0.4 is 10.1 Å². The minimum Gasteiger partial charge on any atom is -0.495 e. The molecule has 1 aliphatic rings. The van der Waals surface area contributed by atoms with Crippen LogP contribution in [0, 0.1) is 5.92 Å². The molecular formula is C17H25ClN2O4S. The lowest BCUT2D eigenvalue weighted by Crippen LogP contribution is -2.45. The molecule has 0 saturated carbocycles. The Kier molecular flexibility index (Phi) is 7.10. The molecule has 1 atom stereocenters. The summed E-state index contributed by atoms with van der Waals surface area (Å²) in [4.78, 5) is 12.4. The van der Waals surface area contributed by atoms with Crippen molar-refractivity contribution in [1.29, 1.82) is 0 Å². The van der Waals surface area contributed by atoms with Crippen LogP contribution in [-0.2, 0) is 14.8 Å². The van der Waals surface area contributed by atoms with Gasteiger partial charge < -0.3 is 10.1 Å². The molecule has 6 nitrogen and oxygen atoms in total. The van der Waals surface area contributed by atoms with Crippen LogP contribution in [0.5, 0.6) is 5.75 Å². The zero-order valence-corrected chi connectivity index (χ0v) is 16.2. The van der Waals surface area contributed by atoms with Crippen LogP contribution in [0.3, 0.4) is 0 Å². The number of amides is 1. The number of hydrogen-bond acceptors (Lipinski definition) is 4. The van der Waals surface area contributed by atoms with Gasteiger partial charge in [0, 0.05) is 19.6 Å². The maximum Gasteiger partial charge on any atom is 0.243 e. The Morgan fingerprint density at radius 2 is 2.20 bits per heavy atom. The molecular weight excluding hydrogens is 364 g/mol. The first-order valence-corrected chi connectivity index (χ1v) is 10.3. The van der Waals surface area contributed by atoms with Gasteiger partial charge in [0.25, 0.3) is 0 Å². The molecule has 0 spiro atoms. The van der Waals surface area contributed by atoms with Crippen molar-refractivity contribution in [1.82, 2.24) is 9.62 Å². The normalized spacial score (nSPS) is 18.8. The number of nitrogens with zero attached hydrogens (tertiary/aromatic N) is 1. The van der Waals surface area contributed by atoms with Crippen LogP contribution >= 0.6 is 11.6 Å². The summed E-state index contributed by atoms with van der Waals surface area (Å²) in [6.45, 7) is 3.29. The first-order chi connectivity index (χ1) is 11.9. The highest BCUT2D eigenvalue weighted by Gasteiger charge is 2.33. The van der Waals surface area contributed by atoms with E-state index in [1.807, 2.05) is 0 Å². The number of piperidine rings is 1. The Balaban J connectivity index is 2.11. The predicted molar refractivity (Wildman–Crippen MR) is 97.4 cm³/mol. The molecule has 1 N–H and O–H groups in total. The number of unbranched alkanes of at least 4 members (excludes halogenated alkanes) is 1. The molecule has 0 aromatic heterocycles. The number of ether oxygens (including phenoxy) is 1. The number of carbonyl (C=O) groups is 1. The molecule has 0 unspecified atom stereocenters. The zero-order valence-electron chi connectivity index (χ0n) is 14.6. The first-order valence-electron chi connectivity index (χ1n) is 8.51. The number of sulfonamides is 1. The van der Waals surface area contributed by atoms with Gasteiger partial charge in [0.2, 0.25) is 15.9 Å². The molecule has 1 heterocycles. The van der Waals surface area contributed by atoms with Gasteiger partial charge in [0.05, 0.1) is 22.9 Å². The van der Waals surface area contributed by atoms with E-state index in [1.165, 1.54) is 29.6 Å². The maximum absolute atomic E-state index is 12.9. The van der Waals surface area contributed by atoms with Gasteiger partial charge in [-0.1, -0.05) is 24.9 Å². The van der Waals surface area contributed by atoms with Crippen LogP contribution in [0.2, 0.25) is 5.02 Å². The summed E-state index contributed by atoms with van der Waals surface area (Å²) < 4.78 is 32.2. The summed E-state index contributed by atoms with van der Waals surface area (Å²) in [5.74, 6) is 0.0441. The largest absolute Gasteiger partial charge is 0.495 e. The Bertz CT molecular complexity index is 709. The summed E-state index contributed by atoms with van der Waals surface area (Å²) in [6, 6.07) is 4.40. The Hall–Kier alpha value is -1.31. The zero-order chi connectivity index (χ0) is 18.4. The van der Waals surface area contributed by atoms with Crippen molar-refractivity contribution in [3.63, 3.8) is 0 Å². The third-order valence-electron chi connectivity index (χ3n) is 4.35. The lowest BCUT2D eigenvalue weighted by atomic mass is 9.99. The van der Waals surface area contributed by atoms with E-state index >= 15 is 0 Å². The van der Waals surface area contributed by atoms with Crippen molar-refractivity contribution >= 4 is 27.5 Å². The molecule has 2 rings (SSSR count). The molecule has 25 heavy (non-hydrogen) atoms. The number of carbonyl (C=O) groups excluding carboxylic acids is 1. The quantitative estimate of drug-likeness (QED) is 0.728. The molecule has 0 aliphatic carbocycles. The van der Waals surface area contributed by atoms with Gasteiger partial charge in [0.15, 0.2) is 0 Å². The molecule has 1 aliphatic heterocycles. The fourth-order valence-electron chi connectivity index (χ4n) is 2.86. The van der Waals surface area contributed by atoms with Crippen molar-refractivity contribution in [3.8, 4) is 5.75 Å². The minimum atomic E-state index is -3.69. The number of rotatable bonds is 7. The van der Waals surface area contributed by atoms with Crippen molar-refractivity contribution in [2.45, 2.75) is 37.5 Å². The van der Waals surface area contributed by atoms with E-state index in [1.54, 1.807) is 0 Å². The second-order valence-corrected chi connectivity index (χ2v) is 8.49. The van der Waals surface area contributed by atoms with Crippen molar-refractivity contribution < 1.29 is 17.9 Å². The highest BCUT2D eigenvalue weighted by molar-refractivity contribution is 7.89. The number of methoxy groups -OCH3 is 1. The number of benzene rings is 1. The average Bonchev–Trinajstić information content (AvgIpc) is 2.61. The standard InChI is InChI=1S/C17H25ClN2O4S/c1-3-4-9-19-17(21)13-6-5-10-20(12-13)25(22,23)14-7-8-16(24-2)15(18)11-14/h7-8,11,13H,3-6,9-10,12H2,1-2H3,(H,19,21)/t13-/m0/s1. The van der Waals surface area contributed by atoms with Gasteiger partial charge in [-0.05, 0) is 37.5 Å². The second-order valence-electron chi connectivity index (χ2n) is 6.14. The van der Waals surface area contributed by atoms with Gasteiger partial charge in [-0.15, -0.1) is 0 Å². The third kappa shape index (κ3) is 4.86. The molecule has 1 saturated heterocycles. The maximum atomic E-state index is 12.9. The number of nitrogens with one attached hydrogen (secondary N) is 1. The van der Waals surface area contributed by atoms with Crippen LogP contribution in [0.1, 0.15) is 32.6 Å². The fourth-order valence-corrected chi connectivity index (χ4v) is 4.74. The van der Waals surface area contributed by atoms with E-state index in [0.717, 1.165) is 12.8 Å². The minimum absolute atomic E-state index is 0.0684. The summed E-state index contributed by atoms with van der Waals surface area (Å²) in [5.41, 5.74) is 0. The van der Waals surface area contributed by atoms with E-state index < -0.39 is 10.0 Å². The Morgan fingerprint density at radius 3 is 2.84 bits per heavy atom. The Labute approximate surface area is 154 Å². The summed E-state index contributed by atoms with van der Waals surface area (Å²) >= 11 is 6.05. The van der Waals surface area contributed by atoms with Gasteiger partial charge in [0.1, 0.15) is 5.75 Å². The van der Waals surface area contributed by atoms with Crippen LogP contribution in [0.15, 0.2) is 23.1 Å². The lowest BCUT2D eigenvalue weighted by molar-refractivity contribution is -0.126. The first kappa shape index (κ1) is 20.0. The third-order valence-corrected chi connectivity index (χ3v) is 6.50. The van der Waals surface area contributed by atoms with E-state index in [9.17, 15) is 13.2 Å². The molecule has 8 heteroatoms. The van der Waals surface area contributed by atoms with Crippen LogP contribution in [0.25, 0.3) is 0 Å². The predicted octanol–water partition coefficient (Wildman–Crippen LogP) is 2.67. The summed E-state index contributed by atoms with van der Waals surface area (Å²) in [7, 11) is -2.21. The highest BCUT2D eigenvalue weighted by Crippen LogP contribution is 2.30. The molecule has 1 aromatic rings. The number of hydrogen-bond donors (Lipinski definition) is 1. The molecule has 1 amide bonds. The van der Waals surface area contributed by atoms with E-state index in [2.05, 4.69) is 12.2 Å². The average molecular weight is 389 g/mol. The van der Waals surface area contributed by atoms with Gasteiger partial charge >= 0.3 is 0 Å². The lowest BCUT2D eigenvalue weighted by Gasteiger charge is -2.31. The van der Waals surface area contributed by atoms with Crippen molar-refractivity contribution in [2.75, 3.05) is 26.7 Å². The highest BCUT2D eigenvalue weighted by atomic mass is 35.5. The van der Waals surface area contributed by atoms with E-state index in [4.69, 9.17) is 16.3 Å². The second kappa shape index (κ2) is 8.87. The van der Waals surface area contributed by atoms with Crippen molar-refractivity contribution in [2.24, 2.45) is 5.92 Å². The van der Waals surface area contributed by atoms with Gasteiger partial charge in [-0.2, -0.15) is 4.31 Å². The summed E-state index contributed by atoms with van der Waals surface area (Å²) in [5, 5.41) is 3.14. The van der Waals surface area contributed by atoms with E-state index in [0.29, 0.717) is 31.7 Å². The SMILES string of the molecule is CCCCNC(=O)[C@H]1CCCN(S(=O)(=O)c2ccc(OC)c(Cl)c2)C1. The van der Waals surface area contributed by atoms with Crippen molar-refractivity contribution in [3.05, 3.63) is 23.2 Å². The monoisotopic (exact) mass is 388 g/mol. The smallest absolute Gasteiger partial charge is 0.243 e. The number of halogens is 1. The molecule has 0 bridgehead atoms. The van der Waals surface area contributed by atoms with Gasteiger partial charge in [-0.3, -0.25) is 4.79 Å². The van der Waals surface area contributed by atoms with Crippen LogP contribution in [0.4, 0.5) is 0 Å². The van der Waals surface area contributed by atoms with Crippen LogP contribution in [-0.4, -0.2) is 45.4 Å². The summed E-state index contributed by atoms with van der Waals surface area (Å²) in [6.07, 6.45) is 3.29. The Morgan fingerprint density at radius 1 is 1.44 bits per heavy atom. The molecule has 0 radical (unpaired) electrons. The molecule has 1 fully saturated rings. The molecule has 140 valence electrons. The molecule has 1 aromatic carbocycles. The van der Waals surface area contributed by atoms with Gasteiger partial charge in [-0.25, -0.2) is 8.42 Å². The fraction of sp³-hybridized carbons (Fsp3) is 0.588. The topological polar surface area (TPSA) is 75.7 Å². The van der Waals surface area contributed by atoms with E-state index in [-0.39, 0.29) is 28.3 Å².